The van der Waals surface area contributed by atoms with Gasteiger partial charge in [0.1, 0.15) is 5.75 Å². The Kier molecular flexibility index (Phi) is 4.64. The second-order valence-corrected chi connectivity index (χ2v) is 3.56. The Morgan fingerprint density at radius 3 is 2.81 bits per heavy atom. The summed E-state index contributed by atoms with van der Waals surface area (Å²) in [6.45, 7) is 1.93. The van der Waals surface area contributed by atoms with Gasteiger partial charge in [-0.2, -0.15) is 0 Å². The molecule has 0 bridgehead atoms. The molecule has 1 N–H and O–H groups in total. The van der Waals surface area contributed by atoms with Gasteiger partial charge in [0.2, 0.25) is 0 Å². The van der Waals surface area contributed by atoms with Crippen molar-refractivity contribution >= 4 is 11.7 Å². The van der Waals surface area contributed by atoms with Crippen LogP contribution in [0.25, 0.3) is 0 Å². The molecule has 1 aromatic carbocycles. The lowest BCUT2D eigenvalue weighted by molar-refractivity contribution is -0.140. The molecule has 1 atom stereocenters. The molecule has 0 aliphatic rings. The number of hydrogen-bond donors (Lipinski definition) is 1. The number of esters is 1. The zero-order valence-electron chi connectivity index (χ0n) is 9.82. The summed E-state index contributed by atoms with van der Waals surface area (Å²) in [4.78, 5) is 11.0. The Hall–Kier alpha value is -1.71. The van der Waals surface area contributed by atoms with Crippen molar-refractivity contribution in [2.75, 3.05) is 19.5 Å². The van der Waals surface area contributed by atoms with Crippen LogP contribution in [0.5, 0.6) is 5.75 Å². The largest absolute Gasteiger partial charge is 0.497 e. The summed E-state index contributed by atoms with van der Waals surface area (Å²) in [7, 11) is 3.01. The van der Waals surface area contributed by atoms with E-state index in [1.54, 1.807) is 7.11 Å². The van der Waals surface area contributed by atoms with Gasteiger partial charge in [-0.3, -0.25) is 4.79 Å². The van der Waals surface area contributed by atoms with Crippen LogP contribution in [-0.4, -0.2) is 26.2 Å². The number of hydrogen-bond acceptors (Lipinski definition) is 4. The monoisotopic (exact) mass is 223 g/mol. The molecule has 0 saturated heterocycles. The van der Waals surface area contributed by atoms with Crippen molar-refractivity contribution in [3.63, 3.8) is 0 Å². The van der Waals surface area contributed by atoms with Gasteiger partial charge in [-0.1, -0.05) is 6.07 Å². The van der Waals surface area contributed by atoms with Crippen LogP contribution in [-0.2, 0) is 9.53 Å². The highest BCUT2D eigenvalue weighted by molar-refractivity contribution is 5.70. The van der Waals surface area contributed by atoms with E-state index in [9.17, 15) is 4.79 Å². The lowest BCUT2D eigenvalue weighted by Gasteiger charge is -2.14. The number of methoxy groups -OCH3 is 2. The van der Waals surface area contributed by atoms with E-state index < -0.39 is 0 Å². The number of nitrogens with one attached hydrogen (secondary N) is 1. The predicted octanol–water partition coefficient (Wildman–Crippen LogP) is 2.06. The smallest absolute Gasteiger partial charge is 0.307 e. The van der Waals surface area contributed by atoms with Crippen LogP contribution >= 0.6 is 0 Å². The van der Waals surface area contributed by atoms with E-state index in [0.29, 0.717) is 6.42 Å². The van der Waals surface area contributed by atoms with Crippen LogP contribution in [0.3, 0.4) is 0 Å². The van der Waals surface area contributed by atoms with Gasteiger partial charge in [0.25, 0.3) is 0 Å². The molecule has 88 valence electrons. The first-order chi connectivity index (χ1) is 7.65. The second-order valence-electron chi connectivity index (χ2n) is 3.56. The van der Waals surface area contributed by atoms with Crippen molar-refractivity contribution in [2.45, 2.75) is 19.4 Å². The molecule has 0 spiro atoms. The number of rotatable bonds is 5. The molecule has 0 amide bonds. The Balaban J connectivity index is 2.55. The minimum atomic E-state index is -0.220. The standard InChI is InChI=1S/C12H17NO3/c1-9(7-12(14)16-3)13-10-5-4-6-11(8-10)15-2/h4-6,8-9,13H,7H2,1-3H3. The number of carbonyl (C=O) groups is 1. The van der Waals surface area contributed by atoms with Gasteiger partial charge in [-0.05, 0) is 19.1 Å². The lowest BCUT2D eigenvalue weighted by atomic mass is 10.2. The summed E-state index contributed by atoms with van der Waals surface area (Å²) in [5.41, 5.74) is 0.927. The Bertz CT molecular complexity index is 352. The van der Waals surface area contributed by atoms with E-state index in [1.807, 2.05) is 31.2 Å². The normalized spacial score (nSPS) is 11.7. The first-order valence-corrected chi connectivity index (χ1v) is 5.13. The molecule has 1 unspecified atom stereocenters. The zero-order chi connectivity index (χ0) is 12.0. The highest BCUT2D eigenvalue weighted by atomic mass is 16.5. The van der Waals surface area contributed by atoms with Crippen molar-refractivity contribution in [3.05, 3.63) is 24.3 Å². The number of benzene rings is 1. The van der Waals surface area contributed by atoms with Gasteiger partial charge in [-0.25, -0.2) is 0 Å². The summed E-state index contributed by atoms with van der Waals surface area (Å²) in [5.74, 6) is 0.568. The third kappa shape index (κ3) is 3.81. The molecule has 1 rings (SSSR count). The van der Waals surface area contributed by atoms with Crippen LogP contribution in [0.15, 0.2) is 24.3 Å². The van der Waals surface area contributed by atoms with Crippen molar-refractivity contribution < 1.29 is 14.3 Å². The minimum absolute atomic E-state index is 0.0274. The van der Waals surface area contributed by atoms with E-state index in [4.69, 9.17) is 4.74 Å². The van der Waals surface area contributed by atoms with Crippen molar-refractivity contribution in [2.24, 2.45) is 0 Å². The summed E-state index contributed by atoms with van der Waals surface area (Å²) < 4.78 is 9.71. The molecule has 0 aliphatic carbocycles. The topological polar surface area (TPSA) is 47.6 Å². The van der Waals surface area contributed by atoms with Crippen LogP contribution in [0.4, 0.5) is 5.69 Å². The summed E-state index contributed by atoms with van der Waals surface area (Å²) in [6, 6.07) is 7.60. The van der Waals surface area contributed by atoms with Crippen molar-refractivity contribution in [1.82, 2.24) is 0 Å². The number of carbonyl (C=O) groups excluding carboxylic acids is 1. The number of anilines is 1. The summed E-state index contributed by atoms with van der Waals surface area (Å²) >= 11 is 0. The molecule has 1 aromatic rings. The number of ether oxygens (including phenoxy) is 2. The first-order valence-electron chi connectivity index (χ1n) is 5.13. The van der Waals surface area contributed by atoms with Gasteiger partial charge >= 0.3 is 5.97 Å². The SMILES string of the molecule is COC(=O)CC(C)Nc1cccc(OC)c1. The molecular weight excluding hydrogens is 206 g/mol. The third-order valence-corrected chi connectivity index (χ3v) is 2.18. The molecule has 4 heteroatoms. The highest BCUT2D eigenvalue weighted by Gasteiger charge is 2.08. The maximum atomic E-state index is 11.0. The summed E-state index contributed by atoms with van der Waals surface area (Å²) in [6.07, 6.45) is 0.341. The fourth-order valence-electron chi connectivity index (χ4n) is 1.38. The minimum Gasteiger partial charge on any atom is -0.497 e. The van der Waals surface area contributed by atoms with Gasteiger partial charge in [-0.15, -0.1) is 0 Å². The highest BCUT2D eigenvalue weighted by Crippen LogP contribution is 2.17. The van der Waals surface area contributed by atoms with E-state index in [0.717, 1.165) is 11.4 Å². The van der Waals surface area contributed by atoms with E-state index in [-0.39, 0.29) is 12.0 Å². The molecule has 0 aliphatic heterocycles. The first kappa shape index (κ1) is 12.4. The summed E-state index contributed by atoms with van der Waals surface area (Å²) in [5, 5.41) is 3.20. The predicted molar refractivity (Wildman–Crippen MR) is 62.7 cm³/mol. The molecule has 0 fully saturated rings. The quantitative estimate of drug-likeness (QED) is 0.776. The van der Waals surface area contributed by atoms with Crippen LogP contribution in [0.1, 0.15) is 13.3 Å². The van der Waals surface area contributed by atoms with E-state index >= 15 is 0 Å². The van der Waals surface area contributed by atoms with Crippen molar-refractivity contribution in [1.29, 1.82) is 0 Å². The van der Waals surface area contributed by atoms with Gasteiger partial charge in [0.15, 0.2) is 0 Å². The van der Waals surface area contributed by atoms with Gasteiger partial charge in [0.05, 0.1) is 20.6 Å². The Morgan fingerprint density at radius 1 is 1.44 bits per heavy atom. The Labute approximate surface area is 95.6 Å². The molecule has 0 aromatic heterocycles. The fourth-order valence-corrected chi connectivity index (χ4v) is 1.38. The zero-order valence-corrected chi connectivity index (χ0v) is 9.82. The molecule has 0 saturated carbocycles. The van der Waals surface area contributed by atoms with Crippen LogP contribution < -0.4 is 10.1 Å². The van der Waals surface area contributed by atoms with Gasteiger partial charge < -0.3 is 14.8 Å². The molecular formula is C12H17NO3. The lowest BCUT2D eigenvalue weighted by Crippen LogP contribution is -2.20. The second kappa shape index (κ2) is 6.00. The molecule has 4 nitrogen and oxygen atoms in total. The molecule has 16 heavy (non-hydrogen) atoms. The van der Waals surface area contributed by atoms with E-state index in [2.05, 4.69) is 10.1 Å². The maximum absolute atomic E-state index is 11.0. The van der Waals surface area contributed by atoms with Crippen LogP contribution in [0, 0.1) is 0 Å². The van der Waals surface area contributed by atoms with Gasteiger partial charge in [0, 0.05) is 17.8 Å². The molecule has 0 heterocycles. The fraction of sp³-hybridized carbons (Fsp3) is 0.417. The van der Waals surface area contributed by atoms with Crippen molar-refractivity contribution in [3.8, 4) is 5.75 Å². The average Bonchev–Trinajstić information content (AvgIpc) is 2.28. The third-order valence-electron chi connectivity index (χ3n) is 2.18. The Morgan fingerprint density at radius 2 is 2.19 bits per heavy atom. The maximum Gasteiger partial charge on any atom is 0.307 e. The average molecular weight is 223 g/mol. The van der Waals surface area contributed by atoms with E-state index in [1.165, 1.54) is 7.11 Å². The van der Waals surface area contributed by atoms with Crippen LogP contribution in [0.2, 0.25) is 0 Å². The molecule has 0 radical (unpaired) electrons.